The molecule has 1 atom stereocenters. The third-order valence-electron chi connectivity index (χ3n) is 4.40. The van der Waals surface area contributed by atoms with E-state index in [2.05, 4.69) is 0 Å². The number of amides is 2. The number of primary amides is 1. The van der Waals surface area contributed by atoms with Crippen LogP contribution in [0, 0.1) is 6.92 Å². The summed E-state index contributed by atoms with van der Waals surface area (Å²) in [6.45, 7) is 4.74. The molecule has 5 heteroatoms. The molecule has 0 aliphatic carbocycles. The number of rotatable bonds is 10. The van der Waals surface area contributed by atoms with E-state index in [4.69, 9.17) is 10.5 Å². The molecule has 1 unspecified atom stereocenters. The molecule has 0 aliphatic rings. The smallest absolute Gasteiger partial charge is 0.263 e. The summed E-state index contributed by atoms with van der Waals surface area (Å²) in [5.74, 6) is 0.133. The Morgan fingerprint density at radius 3 is 2.30 bits per heavy atom. The molecule has 0 heterocycles. The van der Waals surface area contributed by atoms with E-state index in [9.17, 15) is 9.59 Å². The van der Waals surface area contributed by atoms with Crippen molar-refractivity contribution in [2.75, 3.05) is 13.1 Å². The summed E-state index contributed by atoms with van der Waals surface area (Å²) >= 11 is 0. The van der Waals surface area contributed by atoms with E-state index in [-0.39, 0.29) is 12.3 Å². The molecule has 5 nitrogen and oxygen atoms in total. The number of hydrogen-bond donors (Lipinski definition) is 1. The van der Waals surface area contributed by atoms with Crippen LogP contribution in [0.5, 0.6) is 5.75 Å². The lowest BCUT2D eigenvalue weighted by Crippen LogP contribution is -2.44. The topological polar surface area (TPSA) is 72.6 Å². The molecule has 0 saturated carbocycles. The van der Waals surface area contributed by atoms with Crippen molar-refractivity contribution in [2.45, 2.75) is 39.2 Å². The molecule has 2 N–H and O–H groups in total. The Labute approximate surface area is 161 Å². The fourth-order valence-electron chi connectivity index (χ4n) is 2.78. The summed E-state index contributed by atoms with van der Waals surface area (Å²) in [6, 6.07) is 17.6. The number of carbonyl (C=O) groups is 2. The van der Waals surface area contributed by atoms with Gasteiger partial charge in [-0.15, -0.1) is 0 Å². The van der Waals surface area contributed by atoms with Crippen molar-refractivity contribution in [1.82, 2.24) is 4.90 Å². The van der Waals surface area contributed by atoms with Gasteiger partial charge in [0.1, 0.15) is 5.75 Å². The van der Waals surface area contributed by atoms with Crippen LogP contribution in [-0.2, 0) is 16.0 Å². The average Bonchev–Trinajstić information content (AvgIpc) is 2.67. The van der Waals surface area contributed by atoms with Crippen molar-refractivity contribution in [1.29, 1.82) is 0 Å². The molecular weight excluding hydrogens is 340 g/mol. The quantitative estimate of drug-likeness (QED) is 0.700. The molecule has 144 valence electrons. The number of nitrogens with zero attached hydrogens (tertiary/aromatic N) is 1. The molecule has 0 bridgehead atoms. The monoisotopic (exact) mass is 368 g/mol. The molecule has 0 aliphatic heterocycles. The largest absolute Gasteiger partial charge is 0.481 e. The fraction of sp³-hybridized carbons (Fsp3) is 0.364. The number of aryl methyl sites for hydroxylation is 1. The maximum atomic E-state index is 13.0. The van der Waals surface area contributed by atoms with Crippen LogP contribution in [0.2, 0.25) is 0 Å². The van der Waals surface area contributed by atoms with Crippen LogP contribution in [0.3, 0.4) is 0 Å². The Bertz CT molecular complexity index is 729. The van der Waals surface area contributed by atoms with E-state index < -0.39 is 12.0 Å². The fourth-order valence-corrected chi connectivity index (χ4v) is 2.78. The highest BCUT2D eigenvalue weighted by atomic mass is 16.5. The third kappa shape index (κ3) is 6.77. The SMILES string of the molecule is CCC(Oc1ccc(C)cc1)C(=O)N(CCC(N)=O)CCc1ccccc1. The van der Waals surface area contributed by atoms with E-state index in [1.54, 1.807) is 4.90 Å². The number of carbonyl (C=O) groups excluding carboxylic acids is 2. The van der Waals surface area contributed by atoms with E-state index in [1.165, 1.54) is 0 Å². The van der Waals surface area contributed by atoms with Gasteiger partial charge in [-0.1, -0.05) is 55.0 Å². The second kappa shape index (κ2) is 10.4. The van der Waals surface area contributed by atoms with Gasteiger partial charge in [0.25, 0.3) is 5.91 Å². The van der Waals surface area contributed by atoms with E-state index in [1.807, 2.05) is 68.4 Å². The van der Waals surface area contributed by atoms with Gasteiger partial charge in [0, 0.05) is 19.5 Å². The Balaban J connectivity index is 2.06. The van der Waals surface area contributed by atoms with Gasteiger partial charge < -0.3 is 15.4 Å². The normalized spacial score (nSPS) is 11.6. The minimum absolute atomic E-state index is 0.116. The molecule has 0 spiro atoms. The summed E-state index contributed by atoms with van der Waals surface area (Å²) in [6.07, 6.45) is 0.815. The van der Waals surface area contributed by atoms with Gasteiger partial charge in [-0.2, -0.15) is 0 Å². The maximum absolute atomic E-state index is 13.0. The Hall–Kier alpha value is -2.82. The molecule has 0 fully saturated rings. The van der Waals surface area contributed by atoms with Gasteiger partial charge in [0.2, 0.25) is 5.91 Å². The van der Waals surface area contributed by atoms with Crippen LogP contribution >= 0.6 is 0 Å². The average molecular weight is 368 g/mol. The summed E-state index contributed by atoms with van der Waals surface area (Å²) < 4.78 is 5.91. The van der Waals surface area contributed by atoms with E-state index >= 15 is 0 Å². The van der Waals surface area contributed by atoms with Crippen LogP contribution in [0.25, 0.3) is 0 Å². The van der Waals surface area contributed by atoms with Crippen LogP contribution in [0.15, 0.2) is 54.6 Å². The van der Waals surface area contributed by atoms with Gasteiger partial charge >= 0.3 is 0 Å². The highest BCUT2D eigenvalue weighted by molar-refractivity contribution is 5.82. The van der Waals surface area contributed by atoms with Gasteiger partial charge in [-0.3, -0.25) is 9.59 Å². The summed E-state index contributed by atoms with van der Waals surface area (Å²) in [5.41, 5.74) is 7.56. The van der Waals surface area contributed by atoms with Crippen LogP contribution < -0.4 is 10.5 Å². The van der Waals surface area contributed by atoms with Gasteiger partial charge in [0.05, 0.1) is 0 Å². The molecule has 0 saturated heterocycles. The lowest BCUT2D eigenvalue weighted by Gasteiger charge is -2.27. The zero-order chi connectivity index (χ0) is 19.6. The molecule has 2 aromatic rings. The van der Waals surface area contributed by atoms with Crippen molar-refractivity contribution < 1.29 is 14.3 Å². The molecule has 2 rings (SSSR count). The molecular formula is C22H28N2O3. The number of ether oxygens (including phenoxy) is 1. The van der Waals surface area contributed by atoms with Gasteiger partial charge in [-0.25, -0.2) is 0 Å². The van der Waals surface area contributed by atoms with E-state index in [0.29, 0.717) is 31.7 Å². The standard InChI is InChI=1S/C22H28N2O3/c1-3-20(27-19-11-9-17(2)10-12-19)22(26)24(16-14-21(23)25)15-13-18-7-5-4-6-8-18/h4-12,20H,3,13-16H2,1-2H3,(H2,23,25). The zero-order valence-corrected chi connectivity index (χ0v) is 16.1. The van der Waals surface area contributed by atoms with Crippen LogP contribution in [0.1, 0.15) is 30.9 Å². The van der Waals surface area contributed by atoms with Crippen molar-refractivity contribution in [3.8, 4) is 5.75 Å². The van der Waals surface area contributed by atoms with E-state index in [0.717, 1.165) is 11.1 Å². The first-order valence-electron chi connectivity index (χ1n) is 9.34. The Morgan fingerprint density at radius 1 is 1.04 bits per heavy atom. The summed E-state index contributed by atoms with van der Waals surface area (Å²) in [4.78, 5) is 25.9. The first-order chi connectivity index (χ1) is 13.0. The molecule has 2 amide bonds. The highest BCUT2D eigenvalue weighted by Gasteiger charge is 2.25. The first kappa shape index (κ1) is 20.5. The molecule has 27 heavy (non-hydrogen) atoms. The lowest BCUT2D eigenvalue weighted by molar-refractivity contribution is -0.139. The number of hydrogen-bond acceptors (Lipinski definition) is 3. The van der Waals surface area contributed by atoms with Crippen molar-refractivity contribution in [2.24, 2.45) is 5.73 Å². The van der Waals surface area contributed by atoms with Crippen LogP contribution in [0.4, 0.5) is 0 Å². The second-order valence-electron chi connectivity index (χ2n) is 6.60. The molecule has 2 aromatic carbocycles. The minimum Gasteiger partial charge on any atom is -0.481 e. The minimum atomic E-state index is -0.587. The Kier molecular flexibility index (Phi) is 7.86. The number of nitrogens with two attached hydrogens (primary N) is 1. The second-order valence-corrected chi connectivity index (χ2v) is 6.60. The third-order valence-corrected chi connectivity index (χ3v) is 4.40. The predicted molar refractivity (Wildman–Crippen MR) is 106 cm³/mol. The summed E-state index contributed by atoms with van der Waals surface area (Å²) in [7, 11) is 0. The Morgan fingerprint density at radius 2 is 1.70 bits per heavy atom. The zero-order valence-electron chi connectivity index (χ0n) is 16.1. The first-order valence-corrected chi connectivity index (χ1v) is 9.34. The summed E-state index contributed by atoms with van der Waals surface area (Å²) in [5, 5.41) is 0. The number of benzene rings is 2. The maximum Gasteiger partial charge on any atom is 0.263 e. The van der Waals surface area contributed by atoms with Gasteiger partial charge in [-0.05, 0) is 37.5 Å². The van der Waals surface area contributed by atoms with Crippen molar-refractivity contribution in [3.05, 3.63) is 65.7 Å². The van der Waals surface area contributed by atoms with Crippen LogP contribution in [-0.4, -0.2) is 35.9 Å². The molecule has 0 radical (unpaired) electrons. The lowest BCUT2D eigenvalue weighted by atomic mass is 10.1. The highest BCUT2D eigenvalue weighted by Crippen LogP contribution is 2.16. The molecule has 0 aromatic heterocycles. The van der Waals surface area contributed by atoms with Gasteiger partial charge in [0.15, 0.2) is 6.10 Å². The predicted octanol–water partition coefficient (Wildman–Crippen LogP) is 3.10. The van der Waals surface area contributed by atoms with Crippen molar-refractivity contribution in [3.63, 3.8) is 0 Å². The van der Waals surface area contributed by atoms with Crippen molar-refractivity contribution >= 4 is 11.8 Å².